The van der Waals surface area contributed by atoms with Gasteiger partial charge in [-0.25, -0.2) is 8.78 Å². The zero-order valence-electron chi connectivity index (χ0n) is 16.5. The molecule has 1 saturated heterocycles. The second-order valence-electron chi connectivity index (χ2n) is 7.47. The Morgan fingerprint density at radius 2 is 1.97 bits per heavy atom. The molecule has 0 aliphatic carbocycles. The summed E-state index contributed by atoms with van der Waals surface area (Å²) in [5, 5.41) is 7.13. The SMILES string of the molecule is CN(C)[C@H](CNC(=O)C1CCN(C(=O)c2ccc(F)cc2F)CC1)c1ccsc1. The van der Waals surface area contributed by atoms with Crippen molar-refractivity contribution in [3.63, 3.8) is 0 Å². The first-order chi connectivity index (χ1) is 13.9. The molecule has 29 heavy (non-hydrogen) atoms. The molecule has 2 amide bonds. The van der Waals surface area contributed by atoms with Crippen molar-refractivity contribution in [3.8, 4) is 0 Å². The molecule has 0 bridgehead atoms. The number of halogens is 2. The highest BCUT2D eigenvalue weighted by molar-refractivity contribution is 7.07. The molecule has 1 aromatic heterocycles. The fraction of sp³-hybridized carbons (Fsp3) is 0.429. The highest BCUT2D eigenvalue weighted by Gasteiger charge is 2.29. The zero-order valence-corrected chi connectivity index (χ0v) is 17.3. The summed E-state index contributed by atoms with van der Waals surface area (Å²) in [5.41, 5.74) is 1.03. The number of nitrogens with one attached hydrogen (secondary N) is 1. The number of carbonyl (C=O) groups is 2. The van der Waals surface area contributed by atoms with Gasteiger partial charge in [0.1, 0.15) is 11.6 Å². The lowest BCUT2D eigenvalue weighted by Crippen LogP contribution is -2.44. The van der Waals surface area contributed by atoms with E-state index in [1.807, 2.05) is 19.5 Å². The summed E-state index contributed by atoms with van der Waals surface area (Å²) in [7, 11) is 3.96. The number of benzene rings is 1. The Morgan fingerprint density at radius 1 is 1.24 bits per heavy atom. The number of thiophene rings is 1. The van der Waals surface area contributed by atoms with Crippen molar-refractivity contribution in [1.29, 1.82) is 0 Å². The van der Waals surface area contributed by atoms with Crippen molar-refractivity contribution in [2.24, 2.45) is 5.92 Å². The van der Waals surface area contributed by atoms with E-state index in [2.05, 4.69) is 21.7 Å². The molecule has 2 aromatic rings. The van der Waals surface area contributed by atoms with E-state index in [1.165, 1.54) is 10.5 Å². The second kappa shape index (κ2) is 9.45. The molecule has 0 saturated carbocycles. The minimum absolute atomic E-state index is 0.0212. The van der Waals surface area contributed by atoms with Crippen molar-refractivity contribution in [2.45, 2.75) is 18.9 Å². The topological polar surface area (TPSA) is 52.7 Å². The van der Waals surface area contributed by atoms with Crippen LogP contribution in [0.1, 0.15) is 34.8 Å². The number of nitrogens with zero attached hydrogens (tertiary/aromatic N) is 2. The number of carbonyl (C=O) groups excluding carboxylic acids is 2. The molecule has 1 atom stereocenters. The van der Waals surface area contributed by atoms with Gasteiger partial charge >= 0.3 is 0 Å². The molecular formula is C21H25F2N3O2S. The molecular weight excluding hydrogens is 396 g/mol. The van der Waals surface area contributed by atoms with E-state index in [-0.39, 0.29) is 23.4 Å². The van der Waals surface area contributed by atoms with Gasteiger partial charge < -0.3 is 15.1 Å². The van der Waals surface area contributed by atoms with Crippen LogP contribution in [0.25, 0.3) is 0 Å². The van der Waals surface area contributed by atoms with Crippen molar-refractivity contribution in [2.75, 3.05) is 33.7 Å². The molecule has 1 aliphatic rings. The van der Waals surface area contributed by atoms with Crippen LogP contribution in [0, 0.1) is 17.6 Å². The van der Waals surface area contributed by atoms with Gasteiger partial charge in [0, 0.05) is 31.6 Å². The summed E-state index contributed by atoms with van der Waals surface area (Å²) in [4.78, 5) is 28.7. The van der Waals surface area contributed by atoms with Crippen LogP contribution in [-0.2, 0) is 4.79 Å². The average molecular weight is 422 g/mol. The van der Waals surface area contributed by atoms with Gasteiger partial charge in [0.15, 0.2) is 0 Å². The van der Waals surface area contributed by atoms with Gasteiger partial charge in [-0.2, -0.15) is 11.3 Å². The van der Waals surface area contributed by atoms with Crippen molar-refractivity contribution >= 4 is 23.2 Å². The number of likely N-dealkylation sites (N-methyl/N-ethyl adjacent to an activating group) is 1. The predicted octanol–water partition coefficient (Wildman–Crippen LogP) is 3.30. The number of hydrogen-bond acceptors (Lipinski definition) is 4. The first-order valence-electron chi connectivity index (χ1n) is 9.57. The summed E-state index contributed by atoms with van der Waals surface area (Å²) >= 11 is 1.63. The number of likely N-dealkylation sites (tertiary alicyclic amines) is 1. The van der Waals surface area contributed by atoms with Crippen LogP contribution in [0.15, 0.2) is 35.0 Å². The van der Waals surface area contributed by atoms with Crippen molar-refractivity contribution in [1.82, 2.24) is 15.1 Å². The Labute approximate surface area is 173 Å². The summed E-state index contributed by atoms with van der Waals surface area (Å²) in [6.45, 7) is 1.26. The molecule has 1 fully saturated rings. The van der Waals surface area contributed by atoms with Crippen LogP contribution in [-0.4, -0.2) is 55.3 Å². The molecule has 0 spiro atoms. The smallest absolute Gasteiger partial charge is 0.256 e. The molecule has 8 heteroatoms. The first kappa shape index (κ1) is 21.4. The molecule has 1 aliphatic heterocycles. The maximum Gasteiger partial charge on any atom is 0.256 e. The van der Waals surface area contributed by atoms with Crippen LogP contribution < -0.4 is 5.32 Å². The molecule has 5 nitrogen and oxygen atoms in total. The van der Waals surface area contributed by atoms with Crippen LogP contribution >= 0.6 is 11.3 Å². The van der Waals surface area contributed by atoms with E-state index in [4.69, 9.17) is 0 Å². The number of rotatable bonds is 6. The lowest BCUT2D eigenvalue weighted by Gasteiger charge is -2.32. The van der Waals surface area contributed by atoms with Crippen LogP contribution in [0.2, 0.25) is 0 Å². The fourth-order valence-electron chi connectivity index (χ4n) is 3.58. The second-order valence-corrected chi connectivity index (χ2v) is 8.25. The largest absolute Gasteiger partial charge is 0.354 e. The Balaban J connectivity index is 1.52. The maximum atomic E-state index is 13.9. The van der Waals surface area contributed by atoms with Gasteiger partial charge in [0.25, 0.3) is 5.91 Å². The van der Waals surface area contributed by atoms with E-state index in [1.54, 1.807) is 11.3 Å². The van der Waals surface area contributed by atoms with Crippen LogP contribution in [0.5, 0.6) is 0 Å². The van der Waals surface area contributed by atoms with Gasteiger partial charge in [-0.1, -0.05) is 0 Å². The van der Waals surface area contributed by atoms with Crippen molar-refractivity contribution in [3.05, 3.63) is 57.8 Å². The summed E-state index contributed by atoms with van der Waals surface area (Å²) in [6, 6.07) is 5.11. The Hall–Kier alpha value is -2.32. The fourth-order valence-corrected chi connectivity index (χ4v) is 4.29. The highest BCUT2D eigenvalue weighted by Crippen LogP contribution is 2.23. The van der Waals surface area contributed by atoms with E-state index >= 15 is 0 Å². The Bertz CT molecular complexity index is 850. The number of amides is 2. The molecule has 1 N–H and O–H groups in total. The standard InChI is InChI=1S/C21H25F2N3O2S/c1-25(2)19(15-7-10-29-13-15)12-24-20(27)14-5-8-26(9-6-14)21(28)17-4-3-16(22)11-18(17)23/h3-4,7,10-11,13-14,19H,5-6,8-9,12H2,1-2H3,(H,24,27)/t19-/m1/s1. The molecule has 1 aromatic carbocycles. The quantitative estimate of drug-likeness (QED) is 0.779. The molecule has 0 radical (unpaired) electrons. The Morgan fingerprint density at radius 3 is 2.55 bits per heavy atom. The number of hydrogen-bond donors (Lipinski definition) is 1. The number of piperidine rings is 1. The van der Waals surface area contributed by atoms with Crippen molar-refractivity contribution < 1.29 is 18.4 Å². The lowest BCUT2D eigenvalue weighted by molar-refractivity contribution is -0.126. The van der Waals surface area contributed by atoms with Gasteiger partial charge in [-0.15, -0.1) is 0 Å². The molecule has 0 unspecified atom stereocenters. The highest BCUT2D eigenvalue weighted by atomic mass is 32.1. The third-order valence-corrected chi connectivity index (χ3v) is 6.04. The third kappa shape index (κ3) is 5.19. The predicted molar refractivity (Wildman–Crippen MR) is 109 cm³/mol. The van der Waals surface area contributed by atoms with E-state index < -0.39 is 17.5 Å². The minimum atomic E-state index is -0.863. The van der Waals surface area contributed by atoms with Gasteiger partial charge in [0.05, 0.1) is 11.6 Å². The van der Waals surface area contributed by atoms with Gasteiger partial charge in [-0.05, 0) is 61.5 Å². The minimum Gasteiger partial charge on any atom is -0.354 e. The monoisotopic (exact) mass is 421 g/mol. The first-order valence-corrected chi connectivity index (χ1v) is 10.5. The molecule has 156 valence electrons. The van der Waals surface area contributed by atoms with E-state index in [0.717, 1.165) is 12.1 Å². The van der Waals surface area contributed by atoms with Crippen LogP contribution in [0.4, 0.5) is 8.78 Å². The normalized spacial score (nSPS) is 16.1. The third-order valence-electron chi connectivity index (χ3n) is 5.34. The average Bonchev–Trinajstić information content (AvgIpc) is 3.22. The summed E-state index contributed by atoms with van der Waals surface area (Å²) in [6.07, 6.45) is 1.04. The zero-order chi connectivity index (χ0) is 21.0. The summed E-state index contributed by atoms with van der Waals surface area (Å²) in [5.74, 6) is -2.24. The lowest BCUT2D eigenvalue weighted by atomic mass is 9.95. The van der Waals surface area contributed by atoms with E-state index in [0.29, 0.717) is 38.5 Å². The maximum absolute atomic E-state index is 13.9. The molecule has 2 heterocycles. The summed E-state index contributed by atoms with van der Waals surface area (Å²) < 4.78 is 26.9. The molecule has 3 rings (SSSR count). The Kier molecular flexibility index (Phi) is 6.97. The van der Waals surface area contributed by atoms with Gasteiger partial charge in [-0.3, -0.25) is 9.59 Å². The van der Waals surface area contributed by atoms with E-state index in [9.17, 15) is 18.4 Å². The van der Waals surface area contributed by atoms with Gasteiger partial charge in [0.2, 0.25) is 5.91 Å². The van der Waals surface area contributed by atoms with Crippen LogP contribution in [0.3, 0.4) is 0 Å².